The van der Waals surface area contributed by atoms with E-state index in [0.29, 0.717) is 6.54 Å². The lowest BCUT2D eigenvalue weighted by molar-refractivity contribution is 0.238. The summed E-state index contributed by atoms with van der Waals surface area (Å²) in [5.74, 6) is 0.811. The highest BCUT2D eigenvalue weighted by molar-refractivity contribution is 7.90. The van der Waals surface area contributed by atoms with Crippen molar-refractivity contribution in [2.75, 3.05) is 18.6 Å². The SMILES string of the molecule is CCNC(CS(C)(=O)=O)c1ccccc1OC(C)C. The standard InChI is InChI=1S/C14H23NO3S/c1-5-15-13(10-19(4,16)17)12-8-6-7-9-14(12)18-11(2)3/h6-9,11,13,15H,5,10H2,1-4H3. The minimum absolute atomic E-state index is 0.0571. The zero-order chi connectivity index (χ0) is 14.5. The summed E-state index contributed by atoms with van der Waals surface area (Å²) in [6, 6.07) is 7.34. The van der Waals surface area contributed by atoms with Crippen LogP contribution in [0.15, 0.2) is 24.3 Å². The van der Waals surface area contributed by atoms with Crippen LogP contribution in [0.3, 0.4) is 0 Å². The molecule has 0 heterocycles. The number of sulfone groups is 1. The molecule has 1 unspecified atom stereocenters. The third-order valence-electron chi connectivity index (χ3n) is 2.58. The maximum atomic E-state index is 11.5. The summed E-state index contributed by atoms with van der Waals surface area (Å²) in [5, 5.41) is 3.21. The number of ether oxygens (including phenoxy) is 1. The van der Waals surface area contributed by atoms with E-state index >= 15 is 0 Å². The van der Waals surface area contributed by atoms with Gasteiger partial charge in [0.05, 0.1) is 11.9 Å². The van der Waals surface area contributed by atoms with Gasteiger partial charge in [0.1, 0.15) is 15.6 Å². The molecule has 5 heteroatoms. The Morgan fingerprint density at radius 1 is 1.26 bits per heavy atom. The summed E-state index contributed by atoms with van der Waals surface area (Å²) >= 11 is 0. The molecule has 1 aromatic carbocycles. The molecule has 0 aliphatic heterocycles. The van der Waals surface area contributed by atoms with Gasteiger partial charge >= 0.3 is 0 Å². The molecule has 0 spiro atoms. The van der Waals surface area contributed by atoms with Crippen molar-refractivity contribution in [1.29, 1.82) is 0 Å². The topological polar surface area (TPSA) is 55.4 Å². The van der Waals surface area contributed by atoms with Gasteiger partial charge in [0.2, 0.25) is 0 Å². The van der Waals surface area contributed by atoms with Crippen molar-refractivity contribution in [3.8, 4) is 5.75 Å². The van der Waals surface area contributed by atoms with E-state index in [2.05, 4.69) is 5.32 Å². The lowest BCUT2D eigenvalue weighted by atomic mass is 10.1. The van der Waals surface area contributed by atoms with Crippen molar-refractivity contribution in [3.63, 3.8) is 0 Å². The van der Waals surface area contributed by atoms with Gasteiger partial charge in [0, 0.05) is 17.9 Å². The second kappa shape index (κ2) is 6.91. The number of hydrogen-bond acceptors (Lipinski definition) is 4. The van der Waals surface area contributed by atoms with Crippen molar-refractivity contribution in [2.24, 2.45) is 0 Å². The Kier molecular flexibility index (Phi) is 5.82. The molecule has 0 aromatic heterocycles. The highest BCUT2D eigenvalue weighted by Gasteiger charge is 2.20. The van der Waals surface area contributed by atoms with Crippen molar-refractivity contribution < 1.29 is 13.2 Å². The number of rotatable bonds is 7. The Labute approximate surface area is 116 Å². The fourth-order valence-electron chi connectivity index (χ4n) is 1.94. The molecule has 0 aliphatic carbocycles. The van der Waals surface area contributed by atoms with Gasteiger partial charge in [0.25, 0.3) is 0 Å². The van der Waals surface area contributed by atoms with E-state index in [1.165, 1.54) is 6.26 Å². The molecular formula is C14H23NO3S. The lowest BCUT2D eigenvalue weighted by Gasteiger charge is -2.21. The number of benzene rings is 1. The van der Waals surface area contributed by atoms with Gasteiger partial charge in [0.15, 0.2) is 0 Å². The number of para-hydroxylation sites is 1. The van der Waals surface area contributed by atoms with Crippen LogP contribution in [0.2, 0.25) is 0 Å². The van der Waals surface area contributed by atoms with E-state index in [1.54, 1.807) is 0 Å². The summed E-state index contributed by atoms with van der Waals surface area (Å²) in [4.78, 5) is 0. The largest absolute Gasteiger partial charge is 0.491 e. The highest BCUT2D eigenvalue weighted by atomic mass is 32.2. The summed E-state index contributed by atoms with van der Waals surface area (Å²) in [6.45, 7) is 6.57. The first-order valence-corrected chi connectivity index (χ1v) is 8.56. The summed E-state index contributed by atoms with van der Waals surface area (Å²) < 4.78 is 28.8. The fourth-order valence-corrected chi connectivity index (χ4v) is 2.84. The van der Waals surface area contributed by atoms with Gasteiger partial charge in [-0.2, -0.15) is 0 Å². The lowest BCUT2D eigenvalue weighted by Crippen LogP contribution is -2.28. The molecule has 0 fully saturated rings. The zero-order valence-electron chi connectivity index (χ0n) is 12.0. The molecule has 0 saturated heterocycles. The molecule has 4 nitrogen and oxygen atoms in total. The maximum Gasteiger partial charge on any atom is 0.149 e. The van der Waals surface area contributed by atoms with Gasteiger partial charge in [-0.05, 0) is 26.5 Å². The third kappa shape index (κ3) is 5.61. The summed E-state index contributed by atoms with van der Waals surface area (Å²) in [6.07, 6.45) is 1.31. The van der Waals surface area contributed by atoms with E-state index < -0.39 is 9.84 Å². The van der Waals surface area contributed by atoms with E-state index in [4.69, 9.17) is 4.74 Å². The van der Waals surface area contributed by atoms with Crippen LogP contribution in [0, 0.1) is 0 Å². The minimum atomic E-state index is -3.06. The predicted octanol–water partition coefficient (Wildman–Crippen LogP) is 2.17. The van der Waals surface area contributed by atoms with Crippen LogP contribution in [-0.2, 0) is 9.84 Å². The highest BCUT2D eigenvalue weighted by Crippen LogP contribution is 2.26. The molecule has 0 amide bonds. The van der Waals surface area contributed by atoms with Gasteiger partial charge < -0.3 is 10.1 Å². The van der Waals surface area contributed by atoms with Crippen LogP contribution >= 0.6 is 0 Å². The van der Waals surface area contributed by atoms with Crippen LogP contribution in [-0.4, -0.2) is 33.1 Å². The summed E-state index contributed by atoms with van der Waals surface area (Å²) in [7, 11) is -3.06. The molecule has 1 rings (SSSR count). The first-order valence-electron chi connectivity index (χ1n) is 6.50. The Morgan fingerprint density at radius 2 is 1.89 bits per heavy atom. The molecule has 1 aromatic rings. The van der Waals surface area contributed by atoms with Crippen LogP contribution in [0.25, 0.3) is 0 Å². The molecule has 1 N–H and O–H groups in total. The van der Waals surface area contributed by atoms with Crippen molar-refractivity contribution in [1.82, 2.24) is 5.32 Å². The zero-order valence-corrected chi connectivity index (χ0v) is 12.8. The Bertz CT molecular complexity index is 497. The molecule has 0 radical (unpaired) electrons. The molecule has 19 heavy (non-hydrogen) atoms. The van der Waals surface area contributed by atoms with Gasteiger partial charge in [-0.3, -0.25) is 0 Å². The Morgan fingerprint density at radius 3 is 2.42 bits per heavy atom. The van der Waals surface area contributed by atoms with E-state index in [9.17, 15) is 8.42 Å². The Hall–Kier alpha value is -1.07. The van der Waals surface area contributed by atoms with Gasteiger partial charge in [-0.15, -0.1) is 0 Å². The molecular weight excluding hydrogens is 262 g/mol. The fraction of sp³-hybridized carbons (Fsp3) is 0.571. The molecule has 108 valence electrons. The monoisotopic (exact) mass is 285 g/mol. The average molecular weight is 285 g/mol. The van der Waals surface area contributed by atoms with Crippen molar-refractivity contribution >= 4 is 9.84 Å². The van der Waals surface area contributed by atoms with Gasteiger partial charge in [-0.25, -0.2) is 8.42 Å². The normalized spacial score (nSPS) is 13.5. The van der Waals surface area contributed by atoms with E-state index in [1.807, 2.05) is 45.0 Å². The number of nitrogens with one attached hydrogen (secondary N) is 1. The first kappa shape index (κ1) is 16.0. The predicted molar refractivity (Wildman–Crippen MR) is 78.3 cm³/mol. The van der Waals surface area contributed by atoms with Crippen molar-refractivity contribution in [2.45, 2.75) is 32.9 Å². The molecule has 0 aliphatic rings. The van der Waals surface area contributed by atoms with Gasteiger partial charge in [-0.1, -0.05) is 25.1 Å². The van der Waals surface area contributed by atoms with E-state index in [0.717, 1.165) is 11.3 Å². The minimum Gasteiger partial charge on any atom is -0.491 e. The molecule has 0 bridgehead atoms. The Balaban J connectivity index is 3.07. The summed E-state index contributed by atoms with van der Waals surface area (Å²) in [5.41, 5.74) is 0.892. The number of hydrogen-bond donors (Lipinski definition) is 1. The quantitative estimate of drug-likeness (QED) is 0.834. The molecule has 0 saturated carbocycles. The van der Waals surface area contributed by atoms with Crippen molar-refractivity contribution in [3.05, 3.63) is 29.8 Å². The second-order valence-electron chi connectivity index (χ2n) is 4.91. The smallest absolute Gasteiger partial charge is 0.149 e. The molecule has 1 atom stereocenters. The van der Waals surface area contributed by atoms with E-state index in [-0.39, 0.29) is 17.9 Å². The van der Waals surface area contributed by atoms with Crippen LogP contribution < -0.4 is 10.1 Å². The first-order chi connectivity index (χ1) is 8.83. The van der Waals surface area contributed by atoms with Crippen LogP contribution in [0.5, 0.6) is 5.75 Å². The maximum absolute atomic E-state index is 11.5. The average Bonchev–Trinajstić information content (AvgIpc) is 2.26. The second-order valence-corrected chi connectivity index (χ2v) is 7.09. The third-order valence-corrected chi connectivity index (χ3v) is 3.52. The van der Waals surface area contributed by atoms with Crippen LogP contribution in [0.1, 0.15) is 32.4 Å². The van der Waals surface area contributed by atoms with Crippen LogP contribution in [0.4, 0.5) is 0 Å².